The van der Waals surface area contributed by atoms with Crippen LogP contribution in [0.15, 0.2) is 41.8 Å². The lowest BCUT2D eigenvalue weighted by atomic mass is 9.96. The monoisotopic (exact) mass is 325 g/mol. The minimum absolute atomic E-state index is 0.733. The molecule has 1 nitrogen and oxygen atoms in total. The molecule has 1 saturated carbocycles. The quantitative estimate of drug-likeness (QED) is 0.593. The van der Waals surface area contributed by atoms with Crippen molar-refractivity contribution in [3.63, 3.8) is 0 Å². The highest BCUT2D eigenvalue weighted by Crippen LogP contribution is 2.33. The zero-order valence-corrected chi connectivity index (χ0v) is 14.9. The van der Waals surface area contributed by atoms with E-state index < -0.39 is 0 Å². The van der Waals surface area contributed by atoms with E-state index in [2.05, 4.69) is 31.2 Å². The highest BCUT2D eigenvalue weighted by atomic mass is 32.1. The van der Waals surface area contributed by atoms with Gasteiger partial charge >= 0.3 is 0 Å². The summed E-state index contributed by atoms with van der Waals surface area (Å²) in [5.41, 5.74) is 3.44. The highest BCUT2D eigenvalue weighted by molar-refractivity contribution is 7.12. The SMILES string of the molecule is CC1CCC(CCCc2cccc(CC(=N)c3cccs3)c2)C1. The Labute approximate surface area is 144 Å². The fourth-order valence-electron chi connectivity index (χ4n) is 3.82. The van der Waals surface area contributed by atoms with E-state index in [1.165, 1.54) is 49.7 Å². The van der Waals surface area contributed by atoms with Gasteiger partial charge in [0.1, 0.15) is 0 Å². The Morgan fingerprint density at radius 2 is 2.04 bits per heavy atom. The molecule has 2 heteroatoms. The third-order valence-electron chi connectivity index (χ3n) is 5.07. The summed E-state index contributed by atoms with van der Waals surface area (Å²) < 4.78 is 0. The van der Waals surface area contributed by atoms with Crippen LogP contribution in [0.25, 0.3) is 0 Å². The van der Waals surface area contributed by atoms with Crippen LogP contribution in [0, 0.1) is 17.2 Å². The van der Waals surface area contributed by atoms with Gasteiger partial charge in [-0.2, -0.15) is 0 Å². The van der Waals surface area contributed by atoms with Gasteiger partial charge in [-0.3, -0.25) is 0 Å². The van der Waals surface area contributed by atoms with Gasteiger partial charge in [-0.25, -0.2) is 0 Å². The van der Waals surface area contributed by atoms with Crippen LogP contribution in [0.1, 0.15) is 55.0 Å². The molecule has 1 N–H and O–H groups in total. The molecule has 2 unspecified atom stereocenters. The summed E-state index contributed by atoms with van der Waals surface area (Å²) in [6.07, 6.45) is 8.95. The van der Waals surface area contributed by atoms with Crippen LogP contribution in [-0.2, 0) is 12.8 Å². The van der Waals surface area contributed by atoms with Crippen molar-refractivity contribution in [3.8, 4) is 0 Å². The summed E-state index contributed by atoms with van der Waals surface area (Å²) in [5.74, 6) is 1.92. The molecule has 0 amide bonds. The molecule has 1 aliphatic rings. The number of nitrogens with one attached hydrogen (secondary N) is 1. The first-order valence-corrected chi connectivity index (χ1v) is 9.78. The van der Waals surface area contributed by atoms with E-state index in [-0.39, 0.29) is 0 Å². The number of thiophene rings is 1. The Morgan fingerprint density at radius 1 is 1.17 bits per heavy atom. The molecule has 1 aromatic heterocycles. The molecule has 1 fully saturated rings. The minimum Gasteiger partial charge on any atom is -0.303 e. The summed E-state index contributed by atoms with van der Waals surface area (Å²) in [6.45, 7) is 2.39. The number of hydrogen-bond donors (Lipinski definition) is 1. The first-order valence-electron chi connectivity index (χ1n) is 8.90. The van der Waals surface area contributed by atoms with E-state index in [0.29, 0.717) is 0 Å². The number of benzene rings is 1. The van der Waals surface area contributed by atoms with Gasteiger partial charge < -0.3 is 5.41 Å². The van der Waals surface area contributed by atoms with Crippen LogP contribution in [0.3, 0.4) is 0 Å². The first-order chi connectivity index (χ1) is 11.2. The van der Waals surface area contributed by atoms with Gasteiger partial charge in [0, 0.05) is 11.3 Å². The van der Waals surface area contributed by atoms with Gasteiger partial charge in [0.15, 0.2) is 0 Å². The average molecular weight is 326 g/mol. The number of rotatable bonds is 7. The van der Waals surface area contributed by atoms with Crippen molar-refractivity contribution >= 4 is 17.0 Å². The van der Waals surface area contributed by atoms with Crippen molar-refractivity contribution in [1.82, 2.24) is 0 Å². The van der Waals surface area contributed by atoms with Gasteiger partial charge in [0.2, 0.25) is 0 Å². The van der Waals surface area contributed by atoms with Crippen LogP contribution in [0.5, 0.6) is 0 Å². The van der Waals surface area contributed by atoms with E-state index in [0.717, 1.165) is 28.8 Å². The molecule has 1 aromatic carbocycles. The summed E-state index contributed by atoms with van der Waals surface area (Å²) in [4.78, 5) is 1.09. The third kappa shape index (κ3) is 4.78. The van der Waals surface area contributed by atoms with E-state index in [1.807, 2.05) is 17.5 Å². The molecule has 2 aromatic rings. The van der Waals surface area contributed by atoms with Crippen molar-refractivity contribution in [2.75, 3.05) is 0 Å². The zero-order valence-electron chi connectivity index (χ0n) is 14.1. The van der Waals surface area contributed by atoms with Crippen LogP contribution >= 0.6 is 11.3 Å². The second-order valence-corrected chi connectivity index (χ2v) is 8.08. The molecular formula is C21H27NS. The molecule has 122 valence electrons. The summed E-state index contributed by atoms with van der Waals surface area (Å²) in [5, 5.41) is 10.3. The third-order valence-corrected chi connectivity index (χ3v) is 6.00. The lowest BCUT2D eigenvalue weighted by Gasteiger charge is -2.10. The predicted octanol–water partition coefficient (Wildman–Crippen LogP) is 6.12. The van der Waals surface area contributed by atoms with Gasteiger partial charge in [-0.05, 0) is 53.7 Å². The molecule has 0 spiro atoms. The van der Waals surface area contributed by atoms with Crippen LogP contribution in [-0.4, -0.2) is 5.71 Å². The maximum Gasteiger partial charge on any atom is 0.0529 e. The van der Waals surface area contributed by atoms with Crippen LogP contribution < -0.4 is 0 Å². The van der Waals surface area contributed by atoms with Crippen molar-refractivity contribution in [1.29, 1.82) is 5.41 Å². The molecule has 0 radical (unpaired) electrons. The Balaban J connectivity index is 1.50. The molecule has 1 aliphatic carbocycles. The van der Waals surface area contributed by atoms with Gasteiger partial charge in [0.25, 0.3) is 0 Å². The van der Waals surface area contributed by atoms with E-state index in [1.54, 1.807) is 11.3 Å². The van der Waals surface area contributed by atoms with Crippen molar-refractivity contribution in [2.24, 2.45) is 11.8 Å². The molecule has 0 bridgehead atoms. The maximum absolute atomic E-state index is 8.23. The van der Waals surface area contributed by atoms with E-state index in [4.69, 9.17) is 5.41 Å². The topological polar surface area (TPSA) is 23.9 Å². The van der Waals surface area contributed by atoms with E-state index >= 15 is 0 Å². The van der Waals surface area contributed by atoms with Crippen LogP contribution in [0.2, 0.25) is 0 Å². The molecular weight excluding hydrogens is 298 g/mol. The standard InChI is InChI=1S/C21H27NS/c1-16-10-11-18(13-16)7-2-5-17-6-3-8-19(14-17)15-20(22)21-9-4-12-23-21/h3-4,6,8-9,12,14,16,18,22H,2,5,7,10-11,13,15H2,1H3. The van der Waals surface area contributed by atoms with Crippen molar-refractivity contribution in [3.05, 3.63) is 57.8 Å². The Hall–Kier alpha value is -1.41. The lowest BCUT2D eigenvalue weighted by Crippen LogP contribution is -2.02. The molecule has 23 heavy (non-hydrogen) atoms. The largest absolute Gasteiger partial charge is 0.303 e. The fourth-order valence-corrected chi connectivity index (χ4v) is 4.49. The van der Waals surface area contributed by atoms with Gasteiger partial charge in [0.05, 0.1) is 5.71 Å². The summed E-state index contributed by atoms with van der Waals surface area (Å²) in [6, 6.07) is 12.9. The Bertz CT molecular complexity index is 629. The van der Waals surface area contributed by atoms with Gasteiger partial charge in [-0.1, -0.05) is 56.5 Å². The predicted molar refractivity (Wildman–Crippen MR) is 101 cm³/mol. The van der Waals surface area contributed by atoms with E-state index in [9.17, 15) is 0 Å². The number of aryl methyl sites for hydroxylation is 1. The van der Waals surface area contributed by atoms with Crippen molar-refractivity contribution in [2.45, 2.75) is 51.9 Å². The second-order valence-electron chi connectivity index (χ2n) is 7.13. The smallest absolute Gasteiger partial charge is 0.0529 e. The molecule has 0 aliphatic heterocycles. The van der Waals surface area contributed by atoms with Gasteiger partial charge in [-0.15, -0.1) is 11.3 Å². The zero-order chi connectivity index (χ0) is 16.1. The molecule has 2 atom stereocenters. The molecule has 0 saturated heterocycles. The molecule has 3 rings (SSSR count). The Kier molecular flexibility index (Phi) is 5.66. The second kappa shape index (κ2) is 7.92. The maximum atomic E-state index is 8.23. The summed E-state index contributed by atoms with van der Waals surface area (Å²) >= 11 is 1.66. The summed E-state index contributed by atoms with van der Waals surface area (Å²) in [7, 11) is 0. The Morgan fingerprint density at radius 3 is 2.78 bits per heavy atom. The number of hydrogen-bond acceptors (Lipinski definition) is 2. The molecule has 1 heterocycles. The average Bonchev–Trinajstić information content (AvgIpc) is 3.19. The minimum atomic E-state index is 0.733. The van der Waals surface area contributed by atoms with Crippen molar-refractivity contribution < 1.29 is 0 Å². The van der Waals surface area contributed by atoms with Crippen LogP contribution in [0.4, 0.5) is 0 Å². The normalized spacial score (nSPS) is 20.7. The fraction of sp³-hybridized carbons (Fsp3) is 0.476. The highest BCUT2D eigenvalue weighted by Gasteiger charge is 2.20. The first kappa shape index (κ1) is 16.4. The lowest BCUT2D eigenvalue weighted by molar-refractivity contribution is 0.464.